The first-order valence-electron chi connectivity index (χ1n) is 10.9. The van der Waals surface area contributed by atoms with Crippen molar-refractivity contribution < 1.29 is 19.1 Å². The molecule has 0 aliphatic heterocycles. The van der Waals surface area contributed by atoms with Gasteiger partial charge in [-0.25, -0.2) is 4.98 Å². The van der Waals surface area contributed by atoms with E-state index in [2.05, 4.69) is 9.55 Å². The van der Waals surface area contributed by atoms with Crippen molar-refractivity contribution in [3.05, 3.63) is 28.5 Å². The Morgan fingerprint density at radius 1 is 0.969 bits per heavy atom. The molecule has 1 fully saturated rings. The minimum atomic E-state index is -0.589. The van der Waals surface area contributed by atoms with Crippen molar-refractivity contribution in [2.24, 2.45) is 22.7 Å². The highest BCUT2D eigenvalue weighted by Gasteiger charge is 2.40. The SMILES string of the molecule is CC(C)(C)C(=O)OCC1CCC(n2cnc3cc(Cl)c(Cl)cc32)C1COC(=O)C(C)(C)C. The molecule has 0 N–H and O–H groups in total. The number of fused-ring (bicyclic) bond motifs is 1. The summed E-state index contributed by atoms with van der Waals surface area (Å²) in [5.41, 5.74) is 0.480. The molecule has 0 saturated heterocycles. The Labute approximate surface area is 199 Å². The van der Waals surface area contributed by atoms with Gasteiger partial charge in [0, 0.05) is 17.9 Å². The van der Waals surface area contributed by atoms with Gasteiger partial charge in [-0.05, 0) is 66.5 Å². The topological polar surface area (TPSA) is 70.4 Å². The molecule has 32 heavy (non-hydrogen) atoms. The molecule has 1 aliphatic carbocycles. The first-order chi connectivity index (χ1) is 14.8. The van der Waals surface area contributed by atoms with E-state index in [4.69, 9.17) is 32.7 Å². The van der Waals surface area contributed by atoms with Crippen molar-refractivity contribution >= 4 is 46.2 Å². The first kappa shape index (κ1) is 24.8. The quantitative estimate of drug-likeness (QED) is 0.482. The number of hydrogen-bond acceptors (Lipinski definition) is 5. The molecular formula is C24H32Cl2N2O4. The summed E-state index contributed by atoms with van der Waals surface area (Å²) in [6.07, 6.45) is 3.48. The Morgan fingerprint density at radius 3 is 2.12 bits per heavy atom. The molecular weight excluding hydrogens is 451 g/mol. The molecule has 3 unspecified atom stereocenters. The third-order valence-electron chi connectivity index (χ3n) is 5.97. The Balaban J connectivity index is 1.86. The molecule has 3 rings (SSSR count). The highest BCUT2D eigenvalue weighted by Crippen LogP contribution is 2.43. The summed E-state index contributed by atoms with van der Waals surface area (Å²) in [5.74, 6) is -0.444. The van der Waals surface area contributed by atoms with Crippen LogP contribution in [-0.4, -0.2) is 34.7 Å². The van der Waals surface area contributed by atoms with Gasteiger partial charge in [-0.1, -0.05) is 23.2 Å². The predicted molar refractivity (Wildman–Crippen MR) is 126 cm³/mol. The van der Waals surface area contributed by atoms with Gasteiger partial charge >= 0.3 is 11.9 Å². The fourth-order valence-electron chi connectivity index (χ4n) is 4.00. The molecule has 1 heterocycles. The van der Waals surface area contributed by atoms with Gasteiger partial charge in [-0.2, -0.15) is 0 Å². The van der Waals surface area contributed by atoms with Crippen LogP contribution in [-0.2, 0) is 19.1 Å². The third-order valence-corrected chi connectivity index (χ3v) is 6.69. The Morgan fingerprint density at radius 2 is 1.53 bits per heavy atom. The Bertz CT molecular complexity index is 1000. The number of benzene rings is 1. The van der Waals surface area contributed by atoms with Gasteiger partial charge in [-0.3, -0.25) is 9.59 Å². The summed E-state index contributed by atoms with van der Waals surface area (Å²) < 4.78 is 13.4. The number of rotatable bonds is 5. The van der Waals surface area contributed by atoms with E-state index in [1.165, 1.54) is 0 Å². The zero-order valence-electron chi connectivity index (χ0n) is 19.6. The molecule has 6 nitrogen and oxygen atoms in total. The Kier molecular flexibility index (Phi) is 7.16. The van der Waals surface area contributed by atoms with E-state index in [1.54, 1.807) is 12.4 Å². The second-order valence-electron chi connectivity index (χ2n) is 10.7. The summed E-state index contributed by atoms with van der Waals surface area (Å²) in [6.45, 7) is 11.5. The van der Waals surface area contributed by atoms with Crippen molar-refractivity contribution in [2.45, 2.75) is 60.4 Å². The smallest absolute Gasteiger partial charge is 0.311 e. The zero-order valence-corrected chi connectivity index (χ0v) is 21.1. The standard InChI is InChI=1S/C24H32Cl2N2O4/c1-23(2,3)21(29)31-11-14-7-8-19(15(14)12-32-22(30)24(4,5)6)28-13-27-18-9-16(25)17(26)10-20(18)28/h9-10,13-15,19H,7-8,11-12H2,1-6H3. The summed E-state index contributed by atoms with van der Waals surface area (Å²) in [5, 5.41) is 0.920. The van der Waals surface area contributed by atoms with Gasteiger partial charge in [-0.15, -0.1) is 0 Å². The largest absolute Gasteiger partial charge is 0.465 e. The van der Waals surface area contributed by atoms with Gasteiger partial charge in [0.15, 0.2) is 0 Å². The van der Waals surface area contributed by atoms with Crippen molar-refractivity contribution in [3.8, 4) is 0 Å². The number of carbonyl (C=O) groups is 2. The van der Waals surface area contributed by atoms with Crippen LogP contribution in [0.25, 0.3) is 11.0 Å². The van der Waals surface area contributed by atoms with E-state index < -0.39 is 10.8 Å². The third kappa shape index (κ3) is 5.40. The van der Waals surface area contributed by atoms with E-state index in [0.717, 1.165) is 23.9 Å². The maximum Gasteiger partial charge on any atom is 0.311 e. The number of nitrogens with zero attached hydrogens (tertiary/aromatic N) is 2. The Hall–Kier alpha value is -1.79. The average Bonchev–Trinajstić information content (AvgIpc) is 3.26. The fraction of sp³-hybridized carbons (Fsp3) is 0.625. The van der Waals surface area contributed by atoms with Gasteiger partial charge in [0.25, 0.3) is 0 Å². The van der Waals surface area contributed by atoms with Crippen molar-refractivity contribution in [2.75, 3.05) is 13.2 Å². The van der Waals surface area contributed by atoms with Crippen LogP contribution in [0.3, 0.4) is 0 Å². The van der Waals surface area contributed by atoms with E-state index in [-0.39, 0.29) is 36.4 Å². The minimum absolute atomic E-state index is 0.0269. The highest BCUT2D eigenvalue weighted by atomic mass is 35.5. The second-order valence-corrected chi connectivity index (χ2v) is 11.5. The summed E-state index contributed by atoms with van der Waals surface area (Å²) in [7, 11) is 0. The molecule has 1 aromatic carbocycles. The van der Waals surface area contributed by atoms with E-state index in [9.17, 15) is 9.59 Å². The van der Waals surface area contributed by atoms with Crippen LogP contribution in [0.15, 0.2) is 18.5 Å². The molecule has 0 radical (unpaired) electrons. The lowest BCUT2D eigenvalue weighted by Crippen LogP contribution is -2.32. The van der Waals surface area contributed by atoms with Crippen LogP contribution in [0, 0.1) is 22.7 Å². The lowest BCUT2D eigenvalue weighted by atomic mass is 9.93. The molecule has 1 aliphatic rings. The van der Waals surface area contributed by atoms with Gasteiger partial charge < -0.3 is 14.0 Å². The highest BCUT2D eigenvalue weighted by molar-refractivity contribution is 6.42. The monoisotopic (exact) mass is 482 g/mol. The molecule has 3 atom stereocenters. The van der Waals surface area contributed by atoms with E-state index in [0.29, 0.717) is 16.7 Å². The molecule has 2 aromatic rings. The maximum absolute atomic E-state index is 12.5. The fourth-order valence-corrected chi connectivity index (χ4v) is 4.32. The summed E-state index contributed by atoms with van der Waals surface area (Å²) in [6, 6.07) is 3.60. The number of ether oxygens (including phenoxy) is 2. The van der Waals surface area contributed by atoms with Crippen molar-refractivity contribution in [3.63, 3.8) is 0 Å². The molecule has 8 heteroatoms. The number of hydrogen-bond donors (Lipinski definition) is 0. The molecule has 0 spiro atoms. The van der Waals surface area contributed by atoms with E-state index in [1.807, 2.05) is 47.6 Å². The van der Waals surface area contributed by atoms with Crippen LogP contribution in [0.2, 0.25) is 10.0 Å². The van der Waals surface area contributed by atoms with Gasteiger partial charge in [0.1, 0.15) is 0 Å². The number of aromatic nitrogens is 2. The van der Waals surface area contributed by atoms with E-state index >= 15 is 0 Å². The zero-order chi connectivity index (χ0) is 23.8. The predicted octanol–water partition coefficient (Wildman–Crippen LogP) is 6.09. The summed E-state index contributed by atoms with van der Waals surface area (Å²) >= 11 is 12.4. The lowest BCUT2D eigenvalue weighted by Gasteiger charge is -2.28. The lowest BCUT2D eigenvalue weighted by molar-refractivity contribution is -0.158. The molecule has 0 bridgehead atoms. The van der Waals surface area contributed by atoms with Crippen LogP contribution >= 0.6 is 23.2 Å². The molecule has 1 saturated carbocycles. The maximum atomic E-state index is 12.5. The molecule has 0 amide bonds. The van der Waals surface area contributed by atoms with Gasteiger partial charge in [0.05, 0.1) is 51.4 Å². The average molecular weight is 483 g/mol. The normalized spacial score (nSPS) is 21.7. The van der Waals surface area contributed by atoms with Crippen LogP contribution < -0.4 is 0 Å². The van der Waals surface area contributed by atoms with Crippen molar-refractivity contribution in [1.29, 1.82) is 0 Å². The second kappa shape index (κ2) is 9.22. The van der Waals surface area contributed by atoms with Crippen molar-refractivity contribution in [1.82, 2.24) is 9.55 Å². The van der Waals surface area contributed by atoms with Gasteiger partial charge in [0.2, 0.25) is 0 Å². The van der Waals surface area contributed by atoms with Crippen LogP contribution in [0.1, 0.15) is 60.4 Å². The summed E-state index contributed by atoms with van der Waals surface area (Å²) in [4.78, 5) is 29.3. The van der Waals surface area contributed by atoms with Crippen LogP contribution in [0.5, 0.6) is 0 Å². The molecule has 1 aromatic heterocycles. The number of carbonyl (C=O) groups excluding carboxylic acids is 2. The number of imidazole rings is 1. The molecule has 176 valence electrons. The number of halogens is 2. The number of esters is 2. The van der Waals surface area contributed by atoms with Crippen LogP contribution in [0.4, 0.5) is 0 Å². The first-order valence-corrected chi connectivity index (χ1v) is 11.7. The minimum Gasteiger partial charge on any atom is -0.465 e.